The minimum Gasteiger partial charge on any atom is -0.389 e. The van der Waals surface area contributed by atoms with Gasteiger partial charge in [-0.1, -0.05) is 48.6 Å². The standard InChI is InChI=1S/C21H33ClN2O/c1-5-8-18(7-3)16-23-17-20(19(9-6-2)10-13-22)21(25)11-14-24(4)15-12-21/h5-10,13,20,23,25H,2,11-12,14-17H2,1,3-4H3/b8-5-,13-10+,18-7+,19-9+. The SMILES string of the molecule is C=C/C=C(\C=C\Cl)C(CNCC(/C=C\C)=C/C)C1(O)CCN(C)CC1. The quantitative estimate of drug-likeness (QED) is 0.606. The molecule has 25 heavy (non-hydrogen) atoms. The van der Waals surface area contributed by atoms with Gasteiger partial charge in [-0.2, -0.15) is 0 Å². The topological polar surface area (TPSA) is 35.5 Å². The summed E-state index contributed by atoms with van der Waals surface area (Å²) < 4.78 is 0. The van der Waals surface area contributed by atoms with E-state index < -0.39 is 5.60 Å². The summed E-state index contributed by atoms with van der Waals surface area (Å²) in [5.41, 5.74) is 3.02. The molecular formula is C21H33ClN2O. The maximum atomic E-state index is 11.4. The number of aliphatic hydroxyl groups is 1. The Hall–Kier alpha value is -1.13. The Morgan fingerprint density at radius 3 is 2.52 bits per heavy atom. The molecule has 3 nitrogen and oxygen atoms in total. The number of halogens is 1. The van der Waals surface area contributed by atoms with Crippen LogP contribution in [0.5, 0.6) is 0 Å². The highest BCUT2D eigenvalue weighted by atomic mass is 35.5. The van der Waals surface area contributed by atoms with Gasteiger partial charge in [0.1, 0.15) is 0 Å². The molecule has 1 aliphatic rings. The second-order valence-corrected chi connectivity index (χ2v) is 6.90. The summed E-state index contributed by atoms with van der Waals surface area (Å²) in [5.74, 6) is -0.0297. The lowest BCUT2D eigenvalue weighted by molar-refractivity contribution is -0.0503. The van der Waals surface area contributed by atoms with Crippen LogP contribution < -0.4 is 5.32 Å². The van der Waals surface area contributed by atoms with Crippen LogP contribution in [0.4, 0.5) is 0 Å². The highest BCUT2D eigenvalue weighted by molar-refractivity contribution is 6.25. The van der Waals surface area contributed by atoms with Gasteiger partial charge in [0.05, 0.1) is 5.60 Å². The second-order valence-electron chi connectivity index (χ2n) is 6.65. The summed E-state index contributed by atoms with van der Waals surface area (Å²) in [7, 11) is 2.10. The molecule has 140 valence electrons. The molecular weight excluding hydrogens is 332 g/mol. The fourth-order valence-corrected chi connectivity index (χ4v) is 3.45. The van der Waals surface area contributed by atoms with Gasteiger partial charge in [0.25, 0.3) is 0 Å². The predicted octanol–water partition coefficient (Wildman–Crippen LogP) is 4.04. The zero-order chi connectivity index (χ0) is 18.7. The molecule has 1 fully saturated rings. The van der Waals surface area contributed by atoms with Crippen molar-refractivity contribution in [2.75, 3.05) is 33.2 Å². The molecule has 0 spiro atoms. The van der Waals surface area contributed by atoms with Crippen LogP contribution in [0.15, 0.2) is 59.7 Å². The van der Waals surface area contributed by atoms with E-state index in [4.69, 9.17) is 11.6 Å². The molecule has 0 radical (unpaired) electrons. The second kappa shape index (κ2) is 11.5. The van der Waals surface area contributed by atoms with Gasteiger partial charge >= 0.3 is 0 Å². The van der Waals surface area contributed by atoms with Crippen molar-refractivity contribution in [3.63, 3.8) is 0 Å². The first-order valence-electron chi connectivity index (χ1n) is 8.99. The van der Waals surface area contributed by atoms with E-state index in [-0.39, 0.29) is 5.92 Å². The van der Waals surface area contributed by atoms with Crippen LogP contribution in [0, 0.1) is 5.92 Å². The fourth-order valence-electron chi connectivity index (χ4n) is 3.30. The largest absolute Gasteiger partial charge is 0.389 e. The van der Waals surface area contributed by atoms with Gasteiger partial charge in [0.15, 0.2) is 0 Å². The third-order valence-corrected chi connectivity index (χ3v) is 5.02. The molecule has 1 aliphatic heterocycles. The van der Waals surface area contributed by atoms with Crippen molar-refractivity contribution in [3.05, 3.63) is 59.7 Å². The molecule has 0 amide bonds. The van der Waals surface area contributed by atoms with Gasteiger partial charge in [0.2, 0.25) is 0 Å². The predicted molar refractivity (Wildman–Crippen MR) is 110 cm³/mol. The average Bonchev–Trinajstić information content (AvgIpc) is 2.60. The normalized spacial score (nSPS) is 21.2. The Balaban J connectivity index is 2.95. The van der Waals surface area contributed by atoms with E-state index in [1.807, 2.05) is 32.1 Å². The van der Waals surface area contributed by atoms with Gasteiger partial charge in [0, 0.05) is 37.6 Å². The van der Waals surface area contributed by atoms with E-state index in [1.54, 1.807) is 6.08 Å². The number of allylic oxidation sites excluding steroid dienone is 5. The maximum absolute atomic E-state index is 11.4. The third kappa shape index (κ3) is 6.95. The Bertz CT molecular complexity index is 526. The van der Waals surface area contributed by atoms with E-state index in [0.717, 1.165) is 38.0 Å². The highest BCUT2D eigenvalue weighted by Gasteiger charge is 2.40. The van der Waals surface area contributed by atoms with Crippen molar-refractivity contribution in [1.82, 2.24) is 10.2 Å². The molecule has 1 saturated heterocycles. The first-order valence-corrected chi connectivity index (χ1v) is 9.43. The Kier molecular flexibility index (Phi) is 10.1. The van der Waals surface area contributed by atoms with E-state index in [9.17, 15) is 5.11 Å². The lowest BCUT2D eigenvalue weighted by Crippen LogP contribution is -2.51. The maximum Gasteiger partial charge on any atom is 0.0752 e. The summed E-state index contributed by atoms with van der Waals surface area (Å²) >= 11 is 5.85. The fraction of sp³-hybridized carbons (Fsp3) is 0.524. The first kappa shape index (κ1) is 21.9. The van der Waals surface area contributed by atoms with Crippen LogP contribution in [-0.4, -0.2) is 48.8 Å². The smallest absolute Gasteiger partial charge is 0.0752 e. The highest BCUT2D eigenvalue weighted by Crippen LogP contribution is 2.34. The lowest BCUT2D eigenvalue weighted by Gasteiger charge is -2.42. The van der Waals surface area contributed by atoms with Crippen molar-refractivity contribution in [2.24, 2.45) is 5.92 Å². The summed E-state index contributed by atoms with van der Waals surface area (Å²) in [4.78, 5) is 2.26. The molecule has 0 aromatic rings. The van der Waals surface area contributed by atoms with Crippen molar-refractivity contribution in [2.45, 2.75) is 32.3 Å². The molecule has 0 aliphatic carbocycles. The van der Waals surface area contributed by atoms with Gasteiger partial charge in [-0.3, -0.25) is 0 Å². The van der Waals surface area contributed by atoms with Crippen LogP contribution in [0.2, 0.25) is 0 Å². The molecule has 1 unspecified atom stereocenters. The zero-order valence-electron chi connectivity index (χ0n) is 15.8. The van der Waals surface area contributed by atoms with Gasteiger partial charge < -0.3 is 15.3 Å². The molecule has 0 aromatic carbocycles. The monoisotopic (exact) mass is 364 g/mol. The van der Waals surface area contributed by atoms with Crippen LogP contribution in [-0.2, 0) is 0 Å². The molecule has 4 heteroatoms. The summed E-state index contributed by atoms with van der Waals surface area (Å²) in [6.07, 6.45) is 13.3. The van der Waals surface area contributed by atoms with Crippen molar-refractivity contribution in [1.29, 1.82) is 0 Å². The van der Waals surface area contributed by atoms with Crippen LogP contribution in [0.25, 0.3) is 0 Å². The average molecular weight is 365 g/mol. The molecule has 1 atom stereocenters. The van der Waals surface area contributed by atoms with E-state index in [2.05, 4.69) is 36.0 Å². The number of nitrogens with one attached hydrogen (secondary N) is 1. The third-order valence-electron chi connectivity index (χ3n) is 4.90. The van der Waals surface area contributed by atoms with Crippen LogP contribution in [0.3, 0.4) is 0 Å². The van der Waals surface area contributed by atoms with Crippen molar-refractivity contribution < 1.29 is 5.11 Å². The molecule has 1 rings (SSSR count). The molecule has 0 bridgehead atoms. The van der Waals surface area contributed by atoms with Crippen molar-refractivity contribution >= 4 is 11.6 Å². The lowest BCUT2D eigenvalue weighted by atomic mass is 9.75. The van der Waals surface area contributed by atoms with Crippen molar-refractivity contribution in [3.8, 4) is 0 Å². The van der Waals surface area contributed by atoms with Crippen LogP contribution in [0.1, 0.15) is 26.7 Å². The van der Waals surface area contributed by atoms with Gasteiger partial charge in [-0.15, -0.1) is 0 Å². The molecule has 0 saturated carbocycles. The molecule has 1 heterocycles. The zero-order valence-corrected chi connectivity index (χ0v) is 16.6. The minimum atomic E-state index is -0.735. The number of nitrogens with zero attached hydrogens (tertiary/aromatic N) is 1. The number of hydrogen-bond acceptors (Lipinski definition) is 3. The minimum absolute atomic E-state index is 0.0297. The Morgan fingerprint density at radius 2 is 2.00 bits per heavy atom. The number of hydrogen-bond donors (Lipinski definition) is 2. The summed E-state index contributed by atoms with van der Waals surface area (Å²) in [5, 5.41) is 14.9. The van der Waals surface area contributed by atoms with Crippen LogP contribution >= 0.6 is 11.6 Å². The summed E-state index contributed by atoms with van der Waals surface area (Å²) in [6, 6.07) is 0. The van der Waals surface area contributed by atoms with E-state index in [0.29, 0.717) is 6.54 Å². The summed E-state index contributed by atoms with van der Waals surface area (Å²) in [6.45, 7) is 11.1. The number of rotatable bonds is 9. The molecule has 2 N–H and O–H groups in total. The molecule has 0 aromatic heterocycles. The Labute approximate surface area is 158 Å². The van der Waals surface area contributed by atoms with Gasteiger partial charge in [-0.05, 0) is 51.0 Å². The van der Waals surface area contributed by atoms with E-state index >= 15 is 0 Å². The number of likely N-dealkylation sites (tertiary alicyclic amines) is 1. The number of piperidine rings is 1. The van der Waals surface area contributed by atoms with E-state index in [1.165, 1.54) is 11.1 Å². The van der Waals surface area contributed by atoms with Gasteiger partial charge in [-0.25, -0.2) is 0 Å². The Morgan fingerprint density at radius 1 is 1.32 bits per heavy atom. The first-order chi connectivity index (χ1) is 12.0.